The number of aliphatic imine (C=N–C) groups is 1. The van der Waals surface area contributed by atoms with E-state index < -0.39 is 0 Å². The molecule has 2 N–H and O–H groups in total. The summed E-state index contributed by atoms with van der Waals surface area (Å²) in [4.78, 5) is 4.44. The van der Waals surface area contributed by atoms with E-state index in [1.807, 2.05) is 19.9 Å². The minimum atomic E-state index is -0.165. The Morgan fingerprint density at radius 1 is 1.35 bits per heavy atom. The molecule has 0 spiro atoms. The van der Waals surface area contributed by atoms with Gasteiger partial charge in [0.2, 0.25) is 0 Å². The van der Waals surface area contributed by atoms with Crippen molar-refractivity contribution in [2.75, 3.05) is 13.1 Å². The van der Waals surface area contributed by atoms with Crippen LogP contribution in [0.25, 0.3) is 0 Å². The van der Waals surface area contributed by atoms with Gasteiger partial charge in [-0.2, -0.15) is 0 Å². The van der Waals surface area contributed by atoms with Crippen LogP contribution in [0.15, 0.2) is 23.2 Å². The Kier molecular flexibility index (Phi) is 9.54. The molecule has 1 aromatic carbocycles. The van der Waals surface area contributed by atoms with Crippen molar-refractivity contribution in [3.05, 3.63) is 35.1 Å². The van der Waals surface area contributed by atoms with Crippen molar-refractivity contribution >= 4 is 29.9 Å². The van der Waals surface area contributed by atoms with E-state index >= 15 is 0 Å². The standard InChI is InChI=1S/C15H24FN3.HI/c1-5-9-18-15(17-6-2)19-12(4)13-8-7-11(3)14(16)10-13;/h7-8,10,12H,5-6,9H2,1-4H3,(H2,17,18,19);1H. The highest BCUT2D eigenvalue weighted by molar-refractivity contribution is 14.0. The van der Waals surface area contributed by atoms with Gasteiger partial charge in [0.15, 0.2) is 5.96 Å². The molecule has 1 aromatic rings. The number of nitrogens with one attached hydrogen (secondary N) is 2. The molecule has 0 aliphatic carbocycles. The molecule has 1 rings (SSSR count). The van der Waals surface area contributed by atoms with Crippen LogP contribution in [0.3, 0.4) is 0 Å². The number of rotatable bonds is 5. The smallest absolute Gasteiger partial charge is 0.191 e. The van der Waals surface area contributed by atoms with E-state index in [0.29, 0.717) is 5.56 Å². The Balaban J connectivity index is 0.00000361. The fourth-order valence-corrected chi connectivity index (χ4v) is 1.71. The lowest BCUT2D eigenvalue weighted by Gasteiger charge is -2.18. The molecule has 3 nitrogen and oxygen atoms in total. The van der Waals surface area contributed by atoms with Gasteiger partial charge in [0.25, 0.3) is 0 Å². The summed E-state index contributed by atoms with van der Waals surface area (Å²) in [6.45, 7) is 9.48. The topological polar surface area (TPSA) is 36.4 Å². The van der Waals surface area contributed by atoms with E-state index in [2.05, 4.69) is 22.5 Å². The second-order valence-corrected chi connectivity index (χ2v) is 4.64. The monoisotopic (exact) mass is 393 g/mol. The third kappa shape index (κ3) is 6.07. The van der Waals surface area contributed by atoms with Gasteiger partial charge in [-0.3, -0.25) is 4.99 Å². The molecule has 0 radical (unpaired) electrons. The van der Waals surface area contributed by atoms with E-state index in [4.69, 9.17) is 0 Å². The minimum absolute atomic E-state index is 0. The summed E-state index contributed by atoms with van der Waals surface area (Å²) in [5, 5.41) is 6.48. The normalized spacial score (nSPS) is 12.6. The number of benzene rings is 1. The molecule has 1 atom stereocenters. The first-order chi connectivity index (χ1) is 9.08. The fraction of sp³-hybridized carbons (Fsp3) is 0.533. The SMILES string of the molecule is CCCN=C(NCC)NC(C)c1ccc(C)c(F)c1.I. The third-order valence-electron chi connectivity index (χ3n) is 2.89. The molecule has 0 heterocycles. The lowest BCUT2D eigenvalue weighted by atomic mass is 10.1. The maximum atomic E-state index is 13.6. The zero-order valence-corrected chi connectivity index (χ0v) is 15.0. The first kappa shape index (κ1) is 19.1. The Bertz CT molecular complexity index is 435. The van der Waals surface area contributed by atoms with Crippen molar-refractivity contribution in [1.82, 2.24) is 10.6 Å². The highest BCUT2D eigenvalue weighted by Gasteiger charge is 2.09. The van der Waals surface area contributed by atoms with Crippen LogP contribution in [-0.2, 0) is 0 Å². The van der Waals surface area contributed by atoms with Crippen LogP contribution in [0.4, 0.5) is 4.39 Å². The van der Waals surface area contributed by atoms with E-state index in [1.165, 1.54) is 0 Å². The molecule has 0 aliphatic rings. The summed E-state index contributed by atoms with van der Waals surface area (Å²) >= 11 is 0. The largest absolute Gasteiger partial charge is 0.357 e. The summed E-state index contributed by atoms with van der Waals surface area (Å²) in [7, 11) is 0. The van der Waals surface area contributed by atoms with Crippen molar-refractivity contribution in [2.45, 2.75) is 40.2 Å². The van der Waals surface area contributed by atoms with Crippen LogP contribution in [0.5, 0.6) is 0 Å². The van der Waals surface area contributed by atoms with Crippen molar-refractivity contribution in [1.29, 1.82) is 0 Å². The van der Waals surface area contributed by atoms with Crippen LogP contribution in [-0.4, -0.2) is 19.0 Å². The molecule has 5 heteroatoms. The van der Waals surface area contributed by atoms with Gasteiger partial charge in [0, 0.05) is 13.1 Å². The molecule has 0 saturated heterocycles. The molecule has 0 amide bonds. The van der Waals surface area contributed by atoms with Gasteiger partial charge >= 0.3 is 0 Å². The van der Waals surface area contributed by atoms with Crippen LogP contribution in [0, 0.1) is 12.7 Å². The molecule has 114 valence electrons. The average Bonchev–Trinajstić information content (AvgIpc) is 2.39. The first-order valence-corrected chi connectivity index (χ1v) is 6.89. The second-order valence-electron chi connectivity index (χ2n) is 4.64. The minimum Gasteiger partial charge on any atom is -0.357 e. The van der Waals surface area contributed by atoms with E-state index in [0.717, 1.165) is 31.0 Å². The summed E-state index contributed by atoms with van der Waals surface area (Å²) in [6, 6.07) is 5.35. The zero-order valence-electron chi connectivity index (χ0n) is 12.7. The van der Waals surface area contributed by atoms with Crippen molar-refractivity contribution in [2.24, 2.45) is 4.99 Å². The lowest BCUT2D eigenvalue weighted by molar-refractivity contribution is 0.607. The fourth-order valence-electron chi connectivity index (χ4n) is 1.71. The van der Waals surface area contributed by atoms with Crippen molar-refractivity contribution in [3.63, 3.8) is 0 Å². The van der Waals surface area contributed by atoms with Gasteiger partial charge in [-0.1, -0.05) is 19.1 Å². The second kappa shape index (κ2) is 9.96. The van der Waals surface area contributed by atoms with Crippen LogP contribution >= 0.6 is 24.0 Å². The maximum Gasteiger partial charge on any atom is 0.191 e. The van der Waals surface area contributed by atoms with Gasteiger partial charge in [-0.25, -0.2) is 4.39 Å². The quantitative estimate of drug-likeness (QED) is 0.454. The summed E-state index contributed by atoms with van der Waals surface area (Å²) in [6.07, 6.45) is 1.00. The number of nitrogens with zero attached hydrogens (tertiary/aromatic N) is 1. The Morgan fingerprint density at radius 2 is 2.05 bits per heavy atom. The number of halogens is 2. The van der Waals surface area contributed by atoms with Crippen molar-refractivity contribution < 1.29 is 4.39 Å². The van der Waals surface area contributed by atoms with E-state index in [9.17, 15) is 4.39 Å². The molecule has 0 fully saturated rings. The van der Waals surface area contributed by atoms with E-state index in [-0.39, 0.29) is 35.8 Å². The Hall–Kier alpha value is -0.850. The molecular formula is C15H25FIN3. The molecule has 0 saturated carbocycles. The predicted octanol–water partition coefficient (Wildman–Crippen LogP) is 3.78. The van der Waals surface area contributed by atoms with Gasteiger partial charge in [0.05, 0.1) is 6.04 Å². The van der Waals surface area contributed by atoms with Crippen LogP contribution in [0.1, 0.15) is 44.4 Å². The highest BCUT2D eigenvalue weighted by atomic mass is 127. The van der Waals surface area contributed by atoms with E-state index in [1.54, 1.807) is 19.1 Å². The van der Waals surface area contributed by atoms with Gasteiger partial charge in [-0.05, 0) is 44.4 Å². The van der Waals surface area contributed by atoms with Gasteiger partial charge < -0.3 is 10.6 Å². The van der Waals surface area contributed by atoms with Crippen LogP contribution in [0.2, 0.25) is 0 Å². The molecular weight excluding hydrogens is 368 g/mol. The maximum absolute atomic E-state index is 13.6. The van der Waals surface area contributed by atoms with Crippen molar-refractivity contribution in [3.8, 4) is 0 Å². The highest BCUT2D eigenvalue weighted by Crippen LogP contribution is 2.16. The third-order valence-corrected chi connectivity index (χ3v) is 2.89. The zero-order chi connectivity index (χ0) is 14.3. The Morgan fingerprint density at radius 3 is 2.60 bits per heavy atom. The van der Waals surface area contributed by atoms with Crippen LogP contribution < -0.4 is 10.6 Å². The molecule has 0 bridgehead atoms. The molecule has 1 unspecified atom stereocenters. The number of hydrogen-bond acceptors (Lipinski definition) is 1. The number of aryl methyl sites for hydroxylation is 1. The molecule has 0 aromatic heterocycles. The molecule has 0 aliphatic heterocycles. The van der Waals surface area contributed by atoms with Gasteiger partial charge in [0.1, 0.15) is 5.82 Å². The number of guanidine groups is 1. The predicted molar refractivity (Wildman–Crippen MR) is 94.4 cm³/mol. The Labute approximate surface area is 138 Å². The summed E-state index contributed by atoms with van der Waals surface area (Å²) in [5.41, 5.74) is 1.59. The average molecular weight is 393 g/mol. The summed E-state index contributed by atoms with van der Waals surface area (Å²) < 4.78 is 13.6. The number of hydrogen-bond donors (Lipinski definition) is 2. The lowest BCUT2D eigenvalue weighted by Crippen LogP contribution is -2.38. The first-order valence-electron chi connectivity index (χ1n) is 6.89. The molecule has 20 heavy (non-hydrogen) atoms. The summed E-state index contributed by atoms with van der Waals surface area (Å²) in [5.74, 6) is 0.611. The van der Waals surface area contributed by atoms with Gasteiger partial charge in [-0.15, -0.1) is 24.0 Å².